The molecule has 0 atom stereocenters. The predicted molar refractivity (Wildman–Crippen MR) is 57.9 cm³/mol. The summed E-state index contributed by atoms with van der Waals surface area (Å²) in [7, 11) is 0. The maximum Gasteiger partial charge on any atom is 0.342 e. The Kier molecular flexibility index (Phi) is 2.89. The van der Waals surface area contributed by atoms with E-state index in [1.54, 1.807) is 0 Å². The zero-order valence-corrected chi connectivity index (χ0v) is 8.77. The molecule has 16 heavy (non-hydrogen) atoms. The van der Waals surface area contributed by atoms with Crippen molar-refractivity contribution in [1.29, 1.82) is 0 Å². The molecule has 0 aromatic carbocycles. The molecule has 0 aliphatic carbocycles. The minimum absolute atomic E-state index is 0.319. The van der Waals surface area contributed by atoms with E-state index in [9.17, 15) is 9.59 Å². The van der Waals surface area contributed by atoms with Crippen LogP contribution in [0.2, 0.25) is 0 Å². The number of anilines is 1. The zero-order valence-electron chi connectivity index (χ0n) is 8.77. The molecule has 86 valence electrons. The van der Waals surface area contributed by atoms with Gasteiger partial charge in [0, 0.05) is 13.1 Å². The van der Waals surface area contributed by atoms with Crippen LogP contribution >= 0.6 is 0 Å². The van der Waals surface area contributed by atoms with Crippen molar-refractivity contribution in [2.75, 3.05) is 18.0 Å². The molecule has 2 N–H and O–H groups in total. The van der Waals surface area contributed by atoms with E-state index in [-0.39, 0.29) is 5.56 Å². The highest BCUT2D eigenvalue weighted by Gasteiger charge is 2.15. The molecule has 6 heteroatoms. The lowest BCUT2D eigenvalue weighted by Crippen LogP contribution is -2.33. The van der Waals surface area contributed by atoms with Crippen LogP contribution in [0.1, 0.15) is 29.6 Å². The van der Waals surface area contributed by atoms with Gasteiger partial charge in [0.05, 0.1) is 6.20 Å². The van der Waals surface area contributed by atoms with Gasteiger partial charge in [0.1, 0.15) is 5.56 Å². The van der Waals surface area contributed by atoms with Crippen molar-refractivity contribution in [1.82, 2.24) is 9.97 Å². The molecule has 0 spiro atoms. The summed E-state index contributed by atoms with van der Waals surface area (Å²) in [5.74, 6) is -0.784. The van der Waals surface area contributed by atoms with Crippen molar-refractivity contribution >= 4 is 11.9 Å². The van der Waals surface area contributed by atoms with Gasteiger partial charge in [-0.2, -0.15) is 0 Å². The topological polar surface area (TPSA) is 86.3 Å². The number of piperidine rings is 1. The van der Waals surface area contributed by atoms with Crippen LogP contribution in [0.4, 0.5) is 5.95 Å². The van der Waals surface area contributed by atoms with E-state index in [1.165, 1.54) is 6.42 Å². The zero-order chi connectivity index (χ0) is 11.5. The maximum atomic E-state index is 11.4. The fourth-order valence-corrected chi connectivity index (χ4v) is 1.80. The van der Waals surface area contributed by atoms with Gasteiger partial charge in [-0.25, -0.2) is 9.78 Å². The van der Waals surface area contributed by atoms with E-state index in [2.05, 4.69) is 9.97 Å². The van der Waals surface area contributed by atoms with Gasteiger partial charge in [-0.1, -0.05) is 0 Å². The lowest BCUT2D eigenvalue weighted by atomic mass is 10.1. The lowest BCUT2D eigenvalue weighted by molar-refractivity contribution is 0.0694. The summed E-state index contributed by atoms with van der Waals surface area (Å²) in [6.45, 7) is 1.71. The Morgan fingerprint density at radius 3 is 2.62 bits per heavy atom. The first-order valence-corrected chi connectivity index (χ1v) is 5.26. The second-order valence-corrected chi connectivity index (χ2v) is 3.80. The highest BCUT2D eigenvalue weighted by molar-refractivity contribution is 5.86. The molecular weight excluding hydrogens is 210 g/mol. The van der Waals surface area contributed by atoms with Crippen LogP contribution in [0.5, 0.6) is 0 Å². The number of aromatic amines is 1. The number of nitrogens with one attached hydrogen (secondary N) is 1. The van der Waals surface area contributed by atoms with Crippen LogP contribution < -0.4 is 10.5 Å². The van der Waals surface area contributed by atoms with E-state index in [4.69, 9.17) is 5.11 Å². The molecule has 1 fully saturated rings. The average molecular weight is 223 g/mol. The molecule has 0 bridgehead atoms. The number of carbonyl (C=O) groups is 1. The molecule has 1 aliphatic rings. The van der Waals surface area contributed by atoms with Crippen molar-refractivity contribution in [2.24, 2.45) is 0 Å². The number of hydrogen-bond acceptors (Lipinski definition) is 4. The molecule has 1 saturated heterocycles. The van der Waals surface area contributed by atoms with Gasteiger partial charge in [-0.3, -0.25) is 9.78 Å². The summed E-state index contributed by atoms with van der Waals surface area (Å²) < 4.78 is 0. The van der Waals surface area contributed by atoms with Crippen LogP contribution in [0.25, 0.3) is 0 Å². The van der Waals surface area contributed by atoms with Gasteiger partial charge in [0.25, 0.3) is 5.56 Å². The Bertz CT molecular complexity index is 449. The quantitative estimate of drug-likeness (QED) is 0.760. The third-order valence-electron chi connectivity index (χ3n) is 2.67. The molecule has 1 aromatic rings. The lowest BCUT2D eigenvalue weighted by Gasteiger charge is -2.26. The SMILES string of the molecule is O=C(O)c1cnc(N2CCCCC2)[nH]c1=O. The van der Waals surface area contributed by atoms with E-state index >= 15 is 0 Å². The number of hydrogen-bond donors (Lipinski definition) is 2. The normalized spacial score (nSPS) is 16.1. The third kappa shape index (κ3) is 2.05. The largest absolute Gasteiger partial charge is 0.477 e. The summed E-state index contributed by atoms with van der Waals surface area (Å²) in [6.07, 6.45) is 4.45. The molecule has 0 saturated carbocycles. The highest BCUT2D eigenvalue weighted by Crippen LogP contribution is 2.13. The summed E-state index contributed by atoms with van der Waals surface area (Å²) in [5.41, 5.74) is -0.913. The predicted octanol–water partition coefficient (Wildman–Crippen LogP) is 0.458. The maximum absolute atomic E-state index is 11.4. The van der Waals surface area contributed by atoms with Crippen LogP contribution in [0.3, 0.4) is 0 Å². The first-order valence-electron chi connectivity index (χ1n) is 5.26. The minimum Gasteiger partial charge on any atom is -0.477 e. The average Bonchev–Trinajstić information content (AvgIpc) is 2.29. The van der Waals surface area contributed by atoms with Crippen LogP contribution in [-0.2, 0) is 0 Å². The van der Waals surface area contributed by atoms with Crippen LogP contribution in [-0.4, -0.2) is 34.1 Å². The van der Waals surface area contributed by atoms with Crippen LogP contribution in [0.15, 0.2) is 11.0 Å². The Morgan fingerprint density at radius 1 is 1.38 bits per heavy atom. The summed E-state index contributed by atoms with van der Waals surface area (Å²) >= 11 is 0. The van der Waals surface area contributed by atoms with Gasteiger partial charge in [-0.15, -0.1) is 0 Å². The Labute approximate surface area is 91.9 Å². The number of aromatic carboxylic acids is 1. The first-order chi connectivity index (χ1) is 7.68. The number of rotatable bonds is 2. The van der Waals surface area contributed by atoms with Gasteiger partial charge >= 0.3 is 5.97 Å². The molecule has 2 heterocycles. The van der Waals surface area contributed by atoms with Gasteiger partial charge in [-0.05, 0) is 19.3 Å². The van der Waals surface area contributed by atoms with Crippen molar-refractivity contribution in [3.05, 3.63) is 22.1 Å². The minimum atomic E-state index is -1.25. The molecule has 1 aromatic heterocycles. The van der Waals surface area contributed by atoms with Crippen molar-refractivity contribution in [3.8, 4) is 0 Å². The Balaban J connectivity index is 2.26. The monoisotopic (exact) mass is 223 g/mol. The number of nitrogens with zero attached hydrogens (tertiary/aromatic N) is 2. The summed E-state index contributed by atoms with van der Waals surface area (Å²) in [6, 6.07) is 0. The van der Waals surface area contributed by atoms with Crippen molar-refractivity contribution in [3.63, 3.8) is 0 Å². The first kappa shape index (κ1) is 10.7. The van der Waals surface area contributed by atoms with E-state index in [0.717, 1.165) is 32.1 Å². The molecular formula is C10H13N3O3. The highest BCUT2D eigenvalue weighted by atomic mass is 16.4. The number of aromatic nitrogens is 2. The van der Waals surface area contributed by atoms with E-state index in [1.807, 2.05) is 4.90 Å². The summed E-state index contributed by atoms with van der Waals surface area (Å²) in [5, 5.41) is 8.69. The number of carboxylic acids is 1. The van der Waals surface area contributed by atoms with E-state index < -0.39 is 11.5 Å². The Hall–Kier alpha value is -1.85. The fourth-order valence-electron chi connectivity index (χ4n) is 1.80. The van der Waals surface area contributed by atoms with Crippen molar-refractivity contribution in [2.45, 2.75) is 19.3 Å². The van der Waals surface area contributed by atoms with Gasteiger partial charge in [0.15, 0.2) is 0 Å². The van der Waals surface area contributed by atoms with E-state index in [0.29, 0.717) is 5.95 Å². The number of H-pyrrole nitrogens is 1. The fraction of sp³-hybridized carbons (Fsp3) is 0.500. The summed E-state index contributed by atoms with van der Waals surface area (Å²) in [4.78, 5) is 30.5. The Morgan fingerprint density at radius 2 is 2.06 bits per heavy atom. The van der Waals surface area contributed by atoms with Crippen molar-refractivity contribution < 1.29 is 9.90 Å². The molecule has 6 nitrogen and oxygen atoms in total. The molecule has 0 amide bonds. The molecule has 2 rings (SSSR count). The van der Waals surface area contributed by atoms with Gasteiger partial charge in [0.2, 0.25) is 5.95 Å². The molecule has 0 radical (unpaired) electrons. The standard InChI is InChI=1S/C10H13N3O3/c14-8-7(9(15)16)6-11-10(12-8)13-4-2-1-3-5-13/h6H,1-5H2,(H,15,16)(H,11,12,14). The smallest absolute Gasteiger partial charge is 0.342 e. The van der Waals surface area contributed by atoms with Crippen LogP contribution in [0, 0.1) is 0 Å². The third-order valence-corrected chi connectivity index (χ3v) is 2.67. The molecule has 0 unspecified atom stereocenters. The molecule has 1 aliphatic heterocycles. The second-order valence-electron chi connectivity index (χ2n) is 3.80. The van der Waals surface area contributed by atoms with Gasteiger partial charge < -0.3 is 10.0 Å². The number of carboxylic acid groups (broad SMARTS) is 1. The second kappa shape index (κ2) is 4.34.